The number of benzene rings is 2. The first kappa shape index (κ1) is 23.0. The molecular formula is C26H30N2O5. The van der Waals surface area contributed by atoms with Gasteiger partial charge >= 0.3 is 5.97 Å². The highest BCUT2D eigenvalue weighted by atomic mass is 16.5. The Hall–Kier alpha value is -3.22. The van der Waals surface area contributed by atoms with Crippen LogP contribution in [0.25, 0.3) is 10.8 Å². The van der Waals surface area contributed by atoms with E-state index < -0.39 is 5.97 Å². The molecule has 3 atom stereocenters. The summed E-state index contributed by atoms with van der Waals surface area (Å²) in [6, 6.07) is 10.9. The second-order valence-electron chi connectivity index (χ2n) is 9.18. The molecule has 0 bridgehead atoms. The first-order chi connectivity index (χ1) is 15.9. The van der Waals surface area contributed by atoms with Crippen LogP contribution in [0, 0.1) is 11.8 Å². The third-order valence-corrected chi connectivity index (χ3v) is 7.04. The summed E-state index contributed by atoms with van der Waals surface area (Å²) >= 11 is 0. The summed E-state index contributed by atoms with van der Waals surface area (Å²) in [5.41, 5.74) is 0.987. The molecule has 7 heteroatoms. The maximum absolute atomic E-state index is 12.9. The smallest absolute Gasteiger partial charge is 0.306 e. The van der Waals surface area contributed by atoms with Crippen molar-refractivity contribution in [3.63, 3.8) is 0 Å². The maximum Gasteiger partial charge on any atom is 0.306 e. The van der Waals surface area contributed by atoms with Gasteiger partial charge in [-0.1, -0.05) is 51.0 Å². The van der Waals surface area contributed by atoms with E-state index in [-0.39, 0.29) is 49.8 Å². The van der Waals surface area contributed by atoms with Crippen LogP contribution in [-0.4, -0.2) is 47.8 Å². The van der Waals surface area contributed by atoms with Crippen LogP contribution in [0.4, 0.5) is 0 Å². The Morgan fingerprint density at radius 1 is 1.03 bits per heavy atom. The number of nitrogens with one attached hydrogen (secondary N) is 1. The van der Waals surface area contributed by atoms with Gasteiger partial charge in [0.2, 0.25) is 0 Å². The minimum atomic E-state index is -0.519. The Labute approximate surface area is 193 Å². The molecule has 174 valence electrons. The van der Waals surface area contributed by atoms with E-state index in [0.29, 0.717) is 28.3 Å². The number of rotatable bonds is 7. The van der Waals surface area contributed by atoms with Crippen molar-refractivity contribution in [1.82, 2.24) is 10.2 Å². The average molecular weight is 451 g/mol. The molecule has 1 fully saturated rings. The zero-order valence-corrected chi connectivity index (χ0v) is 19.1. The zero-order valence-electron chi connectivity index (χ0n) is 19.1. The van der Waals surface area contributed by atoms with E-state index in [2.05, 4.69) is 19.2 Å². The van der Waals surface area contributed by atoms with Gasteiger partial charge in [0.05, 0.1) is 0 Å². The Bertz CT molecular complexity index is 1040. The fourth-order valence-electron chi connectivity index (χ4n) is 4.92. The summed E-state index contributed by atoms with van der Waals surface area (Å²) in [5.74, 6) is -0.560. The number of amides is 3. The van der Waals surface area contributed by atoms with E-state index >= 15 is 0 Å². The van der Waals surface area contributed by atoms with Gasteiger partial charge in [-0.05, 0) is 42.2 Å². The minimum Gasteiger partial charge on any atom is -0.456 e. The highest BCUT2D eigenvalue weighted by Gasteiger charge is 2.32. The fourth-order valence-corrected chi connectivity index (χ4v) is 4.92. The normalized spacial score (nSPS) is 22.4. The molecule has 3 amide bonds. The first-order valence-electron chi connectivity index (χ1n) is 11.7. The number of nitrogens with zero attached hydrogens (tertiary/aromatic N) is 1. The van der Waals surface area contributed by atoms with Gasteiger partial charge in [-0.25, -0.2) is 0 Å². The number of carbonyl (C=O) groups excluding carboxylic acids is 4. The van der Waals surface area contributed by atoms with E-state index in [0.717, 1.165) is 18.2 Å². The van der Waals surface area contributed by atoms with Crippen molar-refractivity contribution in [2.24, 2.45) is 11.8 Å². The van der Waals surface area contributed by atoms with Crippen molar-refractivity contribution < 1.29 is 23.9 Å². The summed E-state index contributed by atoms with van der Waals surface area (Å²) in [6.07, 6.45) is 3.49. The second-order valence-corrected chi connectivity index (χ2v) is 9.18. The lowest BCUT2D eigenvalue weighted by molar-refractivity contribution is -0.149. The van der Waals surface area contributed by atoms with Crippen molar-refractivity contribution in [1.29, 1.82) is 0 Å². The summed E-state index contributed by atoms with van der Waals surface area (Å²) in [5, 5.41) is 4.51. The first-order valence-corrected chi connectivity index (χ1v) is 11.7. The van der Waals surface area contributed by atoms with E-state index in [1.165, 1.54) is 11.3 Å². The highest BCUT2D eigenvalue weighted by molar-refractivity contribution is 6.25. The molecular weight excluding hydrogens is 420 g/mol. The van der Waals surface area contributed by atoms with Gasteiger partial charge in [0.15, 0.2) is 6.61 Å². The van der Waals surface area contributed by atoms with Gasteiger partial charge in [-0.2, -0.15) is 0 Å². The summed E-state index contributed by atoms with van der Waals surface area (Å²) < 4.78 is 5.11. The Balaban J connectivity index is 1.26. The van der Waals surface area contributed by atoms with Gasteiger partial charge in [0.1, 0.15) is 0 Å². The van der Waals surface area contributed by atoms with E-state index in [4.69, 9.17) is 4.74 Å². The van der Waals surface area contributed by atoms with Crippen molar-refractivity contribution in [3.05, 3.63) is 47.5 Å². The van der Waals surface area contributed by atoms with Gasteiger partial charge in [-0.15, -0.1) is 0 Å². The van der Waals surface area contributed by atoms with E-state index in [9.17, 15) is 19.2 Å². The molecule has 3 unspecified atom stereocenters. The summed E-state index contributed by atoms with van der Waals surface area (Å²) in [4.78, 5) is 51.3. The number of hydrogen-bond acceptors (Lipinski definition) is 5. The minimum absolute atomic E-state index is 0.0209. The standard InChI is InChI=1S/C26H30N2O5/c1-16-7-3-12-21(17(16)2)27-22(29)15-33-23(30)13-6-14-28-25(31)19-10-4-8-18-9-5-11-20(24(18)19)26(28)32/h4-5,8-11,16-17,21H,3,6-7,12-15H2,1-2H3,(H,27,29). The van der Waals surface area contributed by atoms with Crippen LogP contribution in [0.15, 0.2) is 36.4 Å². The molecule has 1 saturated carbocycles. The Kier molecular flexibility index (Phi) is 6.77. The molecule has 7 nitrogen and oxygen atoms in total. The second kappa shape index (κ2) is 9.73. The average Bonchev–Trinajstić information content (AvgIpc) is 2.81. The molecule has 0 aromatic heterocycles. The van der Waals surface area contributed by atoms with Crippen LogP contribution in [-0.2, 0) is 14.3 Å². The van der Waals surface area contributed by atoms with Gasteiger partial charge in [-0.3, -0.25) is 24.1 Å². The van der Waals surface area contributed by atoms with E-state index in [1.807, 2.05) is 12.1 Å². The molecule has 2 aromatic carbocycles. The molecule has 1 aliphatic heterocycles. The molecule has 0 saturated heterocycles. The van der Waals surface area contributed by atoms with Crippen LogP contribution in [0.2, 0.25) is 0 Å². The molecule has 0 spiro atoms. The van der Waals surface area contributed by atoms with Gasteiger partial charge in [0.25, 0.3) is 17.7 Å². The molecule has 4 rings (SSSR count). The zero-order chi connectivity index (χ0) is 23.5. The highest BCUT2D eigenvalue weighted by Crippen LogP contribution is 2.30. The predicted octanol–water partition coefficient (Wildman–Crippen LogP) is 3.70. The van der Waals surface area contributed by atoms with Crippen LogP contribution in [0.5, 0.6) is 0 Å². The van der Waals surface area contributed by atoms with Crippen molar-refractivity contribution in [2.45, 2.75) is 52.0 Å². The lowest BCUT2D eigenvalue weighted by Crippen LogP contribution is -2.45. The molecule has 1 aliphatic carbocycles. The Morgan fingerprint density at radius 3 is 2.36 bits per heavy atom. The number of hydrogen-bond donors (Lipinski definition) is 1. The van der Waals surface area contributed by atoms with Crippen LogP contribution >= 0.6 is 0 Å². The van der Waals surface area contributed by atoms with Gasteiger partial charge in [0, 0.05) is 35.5 Å². The molecule has 2 aromatic rings. The van der Waals surface area contributed by atoms with E-state index in [1.54, 1.807) is 24.3 Å². The van der Waals surface area contributed by atoms with Crippen molar-refractivity contribution in [3.8, 4) is 0 Å². The topological polar surface area (TPSA) is 92.8 Å². The van der Waals surface area contributed by atoms with Crippen molar-refractivity contribution in [2.75, 3.05) is 13.2 Å². The van der Waals surface area contributed by atoms with Crippen LogP contribution in [0.1, 0.15) is 66.7 Å². The third-order valence-electron chi connectivity index (χ3n) is 7.04. The van der Waals surface area contributed by atoms with Crippen LogP contribution < -0.4 is 5.32 Å². The monoisotopic (exact) mass is 450 g/mol. The number of esters is 1. The maximum atomic E-state index is 12.9. The molecule has 1 N–H and O–H groups in total. The summed E-state index contributed by atoms with van der Waals surface area (Å²) in [6.45, 7) is 4.14. The van der Waals surface area contributed by atoms with Gasteiger partial charge < -0.3 is 10.1 Å². The molecule has 33 heavy (non-hydrogen) atoms. The quantitative estimate of drug-likeness (QED) is 0.513. The number of ether oxygens (including phenoxy) is 1. The largest absolute Gasteiger partial charge is 0.456 e. The fraction of sp³-hybridized carbons (Fsp3) is 0.462. The lowest BCUT2D eigenvalue weighted by Gasteiger charge is -2.34. The SMILES string of the molecule is CC1CCCC(NC(=O)COC(=O)CCCN2C(=O)c3cccc4cccc(c34)C2=O)C1C. The third kappa shape index (κ3) is 4.77. The summed E-state index contributed by atoms with van der Waals surface area (Å²) in [7, 11) is 0. The molecule has 1 heterocycles. The predicted molar refractivity (Wildman–Crippen MR) is 124 cm³/mol. The molecule has 2 aliphatic rings. The van der Waals surface area contributed by atoms with Crippen LogP contribution in [0.3, 0.4) is 0 Å². The molecule has 0 radical (unpaired) electrons. The number of carbonyl (C=O) groups is 4. The number of imide groups is 1. The lowest BCUT2D eigenvalue weighted by atomic mass is 9.78. The van der Waals surface area contributed by atoms with Crippen molar-refractivity contribution >= 4 is 34.5 Å². The Morgan fingerprint density at radius 2 is 1.70 bits per heavy atom.